The van der Waals surface area contributed by atoms with Gasteiger partial charge in [-0.25, -0.2) is 4.68 Å². The first-order valence-electron chi connectivity index (χ1n) is 5.86. The molecule has 1 heterocycles. The van der Waals surface area contributed by atoms with Crippen molar-refractivity contribution in [2.75, 3.05) is 0 Å². The third kappa shape index (κ3) is 2.59. The second kappa shape index (κ2) is 4.64. The van der Waals surface area contributed by atoms with Crippen molar-refractivity contribution in [2.24, 2.45) is 10.3 Å². The molecule has 1 N–H and O–H groups in total. The number of aromatic nitrogens is 1. The average Bonchev–Trinajstić information content (AvgIpc) is 2.79. The first kappa shape index (κ1) is 12.4. The number of rotatable bonds is 2. The molecule has 2 aromatic rings. The summed E-state index contributed by atoms with van der Waals surface area (Å²) in [5.74, 6) is 0.195. The fraction of sp³-hybridized carbons (Fsp3) is 0.286. The number of phenols is 1. The summed E-state index contributed by atoms with van der Waals surface area (Å²) in [7, 11) is 0. The Morgan fingerprint density at radius 1 is 1.06 bits per heavy atom. The van der Waals surface area contributed by atoms with Gasteiger partial charge in [0.1, 0.15) is 11.4 Å². The molecule has 0 saturated carbocycles. The van der Waals surface area contributed by atoms with Gasteiger partial charge in [-0.2, -0.15) is 0 Å². The van der Waals surface area contributed by atoms with E-state index in [0.29, 0.717) is 5.69 Å². The van der Waals surface area contributed by atoms with Crippen LogP contribution < -0.4 is 0 Å². The van der Waals surface area contributed by atoms with E-state index in [0.717, 1.165) is 5.56 Å². The van der Waals surface area contributed by atoms with Gasteiger partial charge >= 0.3 is 0 Å². The molecule has 0 bridgehead atoms. The van der Waals surface area contributed by atoms with Gasteiger partial charge in [0, 0.05) is 18.0 Å². The van der Waals surface area contributed by atoms with Gasteiger partial charge < -0.3 is 5.11 Å². The van der Waals surface area contributed by atoms with Crippen LogP contribution >= 0.6 is 0 Å². The van der Waals surface area contributed by atoms with E-state index in [-0.39, 0.29) is 11.2 Å². The van der Waals surface area contributed by atoms with Crippen LogP contribution in [0.1, 0.15) is 26.3 Å². The minimum absolute atomic E-state index is 0.122. The molecule has 18 heavy (non-hydrogen) atoms. The van der Waals surface area contributed by atoms with Crippen molar-refractivity contribution >= 4 is 5.69 Å². The van der Waals surface area contributed by atoms with Crippen LogP contribution in [0.5, 0.6) is 5.75 Å². The second-order valence-electron chi connectivity index (χ2n) is 5.18. The molecule has 0 aliphatic rings. The summed E-state index contributed by atoms with van der Waals surface area (Å²) >= 11 is 0. The van der Waals surface area contributed by atoms with Crippen LogP contribution in [0.25, 0.3) is 0 Å². The van der Waals surface area contributed by atoms with Crippen LogP contribution in [0.4, 0.5) is 5.69 Å². The molecule has 4 nitrogen and oxygen atoms in total. The van der Waals surface area contributed by atoms with Crippen LogP contribution in [-0.4, -0.2) is 9.78 Å². The van der Waals surface area contributed by atoms with Gasteiger partial charge in [0.2, 0.25) is 0 Å². The van der Waals surface area contributed by atoms with Gasteiger partial charge in [-0.15, -0.1) is 5.11 Å². The SMILES string of the molecule is CC(C)(C)c1cccc(N=Nn2cccc2)c1O. The molecule has 1 aromatic carbocycles. The third-order valence-electron chi connectivity index (χ3n) is 2.67. The van der Waals surface area contributed by atoms with Gasteiger partial charge in [-0.1, -0.05) is 38.1 Å². The van der Waals surface area contributed by atoms with Gasteiger partial charge in [-0.3, -0.25) is 0 Å². The maximum Gasteiger partial charge on any atom is 0.146 e. The van der Waals surface area contributed by atoms with Crippen LogP contribution in [0.3, 0.4) is 0 Å². The molecule has 0 spiro atoms. The van der Waals surface area contributed by atoms with E-state index in [1.54, 1.807) is 23.1 Å². The molecule has 2 rings (SSSR count). The minimum Gasteiger partial charge on any atom is -0.505 e. The fourth-order valence-corrected chi connectivity index (χ4v) is 1.70. The Hall–Kier alpha value is -2.10. The molecule has 1 aromatic heterocycles. The number of nitrogens with zero attached hydrogens (tertiary/aromatic N) is 3. The van der Waals surface area contributed by atoms with Crippen molar-refractivity contribution in [3.8, 4) is 5.75 Å². The van der Waals surface area contributed by atoms with Crippen molar-refractivity contribution < 1.29 is 5.11 Å². The highest BCUT2D eigenvalue weighted by Gasteiger charge is 2.19. The second-order valence-corrected chi connectivity index (χ2v) is 5.18. The maximum absolute atomic E-state index is 10.2. The number of benzene rings is 1. The highest BCUT2D eigenvalue weighted by molar-refractivity contribution is 5.56. The smallest absolute Gasteiger partial charge is 0.146 e. The van der Waals surface area contributed by atoms with Gasteiger partial charge in [-0.05, 0) is 23.6 Å². The summed E-state index contributed by atoms with van der Waals surface area (Å²) in [4.78, 5) is 0. The molecule has 0 fully saturated rings. The maximum atomic E-state index is 10.2. The van der Waals surface area contributed by atoms with Gasteiger partial charge in [0.15, 0.2) is 0 Å². The number of phenolic OH excluding ortho intramolecular Hbond substituents is 1. The number of hydrogen-bond donors (Lipinski definition) is 1. The summed E-state index contributed by atoms with van der Waals surface area (Å²) in [5.41, 5.74) is 1.23. The Kier molecular flexibility index (Phi) is 3.19. The fourth-order valence-electron chi connectivity index (χ4n) is 1.70. The van der Waals surface area contributed by atoms with Crippen molar-refractivity contribution in [1.29, 1.82) is 0 Å². The van der Waals surface area contributed by atoms with Crippen molar-refractivity contribution in [1.82, 2.24) is 4.68 Å². The van der Waals surface area contributed by atoms with E-state index in [2.05, 4.69) is 31.1 Å². The summed E-state index contributed by atoms with van der Waals surface area (Å²) in [6, 6.07) is 9.26. The molecule has 0 radical (unpaired) electrons. The quantitative estimate of drug-likeness (QED) is 0.795. The summed E-state index contributed by atoms with van der Waals surface area (Å²) in [6.07, 6.45) is 3.57. The molecule has 0 unspecified atom stereocenters. The van der Waals surface area contributed by atoms with Gasteiger partial charge in [0.25, 0.3) is 0 Å². The summed E-state index contributed by atoms with van der Waals surface area (Å²) in [5, 5.41) is 18.3. The number of hydrogen-bond acceptors (Lipinski definition) is 3. The van der Waals surface area contributed by atoms with Crippen LogP contribution in [0.2, 0.25) is 0 Å². The first-order valence-corrected chi connectivity index (χ1v) is 5.86. The standard InChI is InChI=1S/C14H17N3O/c1-14(2,3)11-7-6-8-12(13(11)18)15-16-17-9-4-5-10-17/h4-10,18H,1-3H3. The lowest BCUT2D eigenvalue weighted by molar-refractivity contribution is 0.447. The highest BCUT2D eigenvalue weighted by atomic mass is 16.3. The zero-order valence-electron chi connectivity index (χ0n) is 10.8. The summed E-state index contributed by atoms with van der Waals surface area (Å²) < 4.78 is 1.59. The lowest BCUT2D eigenvalue weighted by Crippen LogP contribution is -2.10. The highest BCUT2D eigenvalue weighted by Crippen LogP contribution is 2.37. The third-order valence-corrected chi connectivity index (χ3v) is 2.67. The first-order chi connectivity index (χ1) is 8.48. The van der Waals surface area contributed by atoms with Crippen LogP contribution in [0.15, 0.2) is 53.1 Å². The molecule has 0 aliphatic carbocycles. The van der Waals surface area contributed by atoms with Crippen molar-refractivity contribution in [2.45, 2.75) is 26.2 Å². The predicted molar refractivity (Wildman–Crippen MR) is 71.2 cm³/mol. The molecular formula is C14H17N3O. The van der Waals surface area contributed by atoms with E-state index in [4.69, 9.17) is 0 Å². The summed E-state index contributed by atoms with van der Waals surface area (Å²) in [6.45, 7) is 6.15. The molecule has 94 valence electrons. The Morgan fingerprint density at radius 3 is 2.33 bits per heavy atom. The lowest BCUT2D eigenvalue weighted by Gasteiger charge is -2.20. The van der Waals surface area contributed by atoms with Crippen LogP contribution in [-0.2, 0) is 5.41 Å². The zero-order valence-corrected chi connectivity index (χ0v) is 10.8. The number of aromatic hydroxyl groups is 1. The molecule has 0 amide bonds. The largest absolute Gasteiger partial charge is 0.505 e. The average molecular weight is 243 g/mol. The molecule has 0 atom stereocenters. The molecular weight excluding hydrogens is 226 g/mol. The van der Waals surface area contributed by atoms with E-state index in [1.807, 2.05) is 24.3 Å². The van der Waals surface area contributed by atoms with Gasteiger partial charge in [0.05, 0.1) is 0 Å². The number of para-hydroxylation sites is 1. The van der Waals surface area contributed by atoms with E-state index < -0.39 is 0 Å². The molecule has 4 heteroatoms. The zero-order chi connectivity index (χ0) is 13.2. The van der Waals surface area contributed by atoms with E-state index in [1.165, 1.54) is 0 Å². The van der Waals surface area contributed by atoms with E-state index >= 15 is 0 Å². The Morgan fingerprint density at radius 2 is 1.72 bits per heavy atom. The lowest BCUT2D eigenvalue weighted by atomic mass is 9.86. The normalized spacial score (nSPS) is 12.2. The van der Waals surface area contributed by atoms with Crippen molar-refractivity contribution in [3.63, 3.8) is 0 Å². The Balaban J connectivity index is 2.35. The molecule has 0 saturated heterocycles. The van der Waals surface area contributed by atoms with E-state index in [9.17, 15) is 5.11 Å². The Bertz CT molecular complexity index is 551. The Labute approximate surface area is 107 Å². The minimum atomic E-state index is -0.122. The monoisotopic (exact) mass is 243 g/mol. The topological polar surface area (TPSA) is 49.9 Å². The van der Waals surface area contributed by atoms with Crippen LogP contribution in [0, 0.1) is 0 Å². The predicted octanol–water partition coefficient (Wildman–Crippen LogP) is 4.04. The van der Waals surface area contributed by atoms with Crippen molar-refractivity contribution in [3.05, 3.63) is 48.3 Å². The molecule has 0 aliphatic heterocycles.